The van der Waals surface area contributed by atoms with Crippen LogP contribution in [0.4, 0.5) is 4.39 Å². The smallest absolute Gasteiger partial charge is 0.269 e. The predicted molar refractivity (Wildman–Crippen MR) is 144 cm³/mol. The number of carbonyl (C=O) groups excluding carboxylic acids is 1. The van der Waals surface area contributed by atoms with E-state index in [1.165, 1.54) is 32.8 Å². The summed E-state index contributed by atoms with van der Waals surface area (Å²) in [5.74, 6) is -1.04. The maximum Gasteiger partial charge on any atom is 0.269 e. The Hall–Kier alpha value is -4.46. The SMILES string of the molecule is CNC(=O)c1cccc(-c2nnc(CS(=O)(=O)[C@H](C)[C@@H](C)c3ncc(F)cn3)n2-c2c(OC)cccc2OC)n1. The van der Waals surface area contributed by atoms with Gasteiger partial charge in [-0.3, -0.25) is 9.36 Å². The lowest BCUT2D eigenvalue weighted by atomic mass is 10.1. The van der Waals surface area contributed by atoms with Gasteiger partial charge in [0, 0.05) is 13.0 Å². The molecule has 4 rings (SSSR count). The molecule has 0 saturated carbocycles. The van der Waals surface area contributed by atoms with E-state index in [2.05, 4.69) is 30.5 Å². The summed E-state index contributed by atoms with van der Waals surface area (Å²) in [6.45, 7) is 3.19. The zero-order valence-corrected chi connectivity index (χ0v) is 23.3. The van der Waals surface area contributed by atoms with Crippen molar-refractivity contribution in [2.24, 2.45) is 0 Å². The number of halogens is 1. The van der Waals surface area contributed by atoms with Gasteiger partial charge < -0.3 is 14.8 Å². The van der Waals surface area contributed by atoms with Crippen molar-refractivity contribution in [3.8, 4) is 28.7 Å². The van der Waals surface area contributed by atoms with Gasteiger partial charge in [0.15, 0.2) is 27.3 Å². The van der Waals surface area contributed by atoms with Crippen LogP contribution in [0, 0.1) is 5.82 Å². The number of para-hydroxylation sites is 1. The highest BCUT2D eigenvalue weighted by Gasteiger charge is 2.33. The number of methoxy groups -OCH3 is 2. The Morgan fingerprint density at radius 1 is 1.02 bits per heavy atom. The first-order valence-electron chi connectivity index (χ1n) is 12.2. The van der Waals surface area contributed by atoms with Crippen molar-refractivity contribution in [1.82, 2.24) is 35.0 Å². The second kappa shape index (κ2) is 11.7. The van der Waals surface area contributed by atoms with Gasteiger partial charge in [0.05, 0.1) is 31.9 Å². The Bertz CT molecular complexity index is 1600. The fraction of sp³-hybridized carbons (Fsp3) is 0.308. The van der Waals surface area contributed by atoms with Crippen LogP contribution in [0.1, 0.15) is 41.9 Å². The molecule has 0 aliphatic heterocycles. The molecular weight excluding hydrogens is 541 g/mol. The maximum atomic E-state index is 13.7. The number of benzene rings is 1. The van der Waals surface area contributed by atoms with Crippen LogP contribution in [0.25, 0.3) is 17.2 Å². The van der Waals surface area contributed by atoms with Crippen LogP contribution in [-0.2, 0) is 15.6 Å². The monoisotopic (exact) mass is 569 g/mol. The van der Waals surface area contributed by atoms with Crippen LogP contribution >= 0.6 is 0 Å². The lowest BCUT2D eigenvalue weighted by Gasteiger charge is -2.20. The Balaban J connectivity index is 1.86. The van der Waals surface area contributed by atoms with E-state index in [-0.39, 0.29) is 28.9 Å². The zero-order chi connectivity index (χ0) is 29.0. The van der Waals surface area contributed by atoms with E-state index in [4.69, 9.17) is 9.47 Å². The zero-order valence-electron chi connectivity index (χ0n) is 22.5. The van der Waals surface area contributed by atoms with Gasteiger partial charge in [-0.05, 0) is 31.2 Å². The second-order valence-electron chi connectivity index (χ2n) is 8.83. The molecule has 1 amide bonds. The van der Waals surface area contributed by atoms with Crippen LogP contribution in [-0.4, -0.2) is 70.6 Å². The highest BCUT2D eigenvalue weighted by atomic mass is 32.2. The Labute approximate surface area is 230 Å². The third kappa shape index (κ3) is 5.61. The van der Waals surface area contributed by atoms with Gasteiger partial charge in [-0.1, -0.05) is 19.1 Å². The van der Waals surface area contributed by atoms with Crippen molar-refractivity contribution in [1.29, 1.82) is 0 Å². The lowest BCUT2D eigenvalue weighted by Crippen LogP contribution is -2.27. The average molecular weight is 570 g/mol. The molecule has 1 aromatic carbocycles. The van der Waals surface area contributed by atoms with Gasteiger partial charge >= 0.3 is 0 Å². The number of hydrogen-bond acceptors (Lipinski definition) is 10. The number of sulfone groups is 1. The largest absolute Gasteiger partial charge is 0.494 e. The standard InChI is InChI=1S/C26H28FN7O5S/c1-15(24-29-12-17(27)13-30-24)16(2)40(36,37)14-22-32-33-25(18-8-6-9-19(31-18)26(35)28-3)34(22)23-20(38-4)10-7-11-21(23)39-5/h6-13,15-16H,14H2,1-5H3,(H,28,35)/t15-,16-/m1/s1. The van der Waals surface area contributed by atoms with Crippen molar-refractivity contribution >= 4 is 15.7 Å². The lowest BCUT2D eigenvalue weighted by molar-refractivity contribution is 0.0958. The molecule has 0 saturated heterocycles. The highest BCUT2D eigenvalue weighted by Crippen LogP contribution is 2.37. The first kappa shape index (κ1) is 28.5. The summed E-state index contributed by atoms with van der Waals surface area (Å²) in [4.78, 5) is 24.6. The van der Waals surface area contributed by atoms with Crippen LogP contribution in [0.5, 0.6) is 11.5 Å². The van der Waals surface area contributed by atoms with Crippen LogP contribution in [0.2, 0.25) is 0 Å². The number of hydrogen-bond donors (Lipinski definition) is 1. The number of nitrogens with zero attached hydrogens (tertiary/aromatic N) is 6. The minimum Gasteiger partial charge on any atom is -0.494 e. The molecule has 2 atom stereocenters. The summed E-state index contributed by atoms with van der Waals surface area (Å²) in [7, 11) is 0.525. The minimum absolute atomic E-state index is 0.0593. The molecule has 0 bridgehead atoms. The van der Waals surface area contributed by atoms with Crippen molar-refractivity contribution in [3.63, 3.8) is 0 Å². The second-order valence-corrected chi connectivity index (χ2v) is 11.2. The van der Waals surface area contributed by atoms with Crippen molar-refractivity contribution in [2.45, 2.75) is 30.8 Å². The molecule has 14 heteroatoms. The topological polar surface area (TPSA) is 151 Å². The summed E-state index contributed by atoms with van der Waals surface area (Å²) >= 11 is 0. The molecule has 3 aromatic heterocycles. The molecule has 210 valence electrons. The molecule has 0 aliphatic carbocycles. The van der Waals surface area contributed by atoms with Crippen LogP contribution in [0.3, 0.4) is 0 Å². The van der Waals surface area contributed by atoms with E-state index in [1.54, 1.807) is 43.3 Å². The fourth-order valence-electron chi connectivity index (χ4n) is 4.07. The predicted octanol–water partition coefficient (Wildman–Crippen LogP) is 2.74. The summed E-state index contributed by atoms with van der Waals surface area (Å²) in [6, 6.07) is 9.89. The van der Waals surface area contributed by atoms with E-state index in [1.807, 2.05) is 0 Å². The third-order valence-corrected chi connectivity index (χ3v) is 8.64. The third-order valence-electron chi connectivity index (χ3n) is 6.44. The number of amides is 1. The van der Waals surface area contributed by atoms with Gasteiger partial charge in [0.25, 0.3) is 5.91 Å². The molecule has 4 aromatic rings. The van der Waals surface area contributed by atoms with E-state index >= 15 is 0 Å². The maximum absolute atomic E-state index is 13.7. The summed E-state index contributed by atoms with van der Waals surface area (Å²) in [5.41, 5.74) is 0.760. The Morgan fingerprint density at radius 2 is 1.65 bits per heavy atom. The normalized spacial score (nSPS) is 12.9. The summed E-state index contributed by atoms with van der Waals surface area (Å²) < 4.78 is 53.3. The van der Waals surface area contributed by atoms with E-state index in [0.717, 1.165) is 12.4 Å². The molecule has 12 nitrogen and oxygen atoms in total. The van der Waals surface area contributed by atoms with Gasteiger partial charge in [0.2, 0.25) is 0 Å². The Kier molecular flexibility index (Phi) is 8.38. The first-order valence-corrected chi connectivity index (χ1v) is 13.9. The van der Waals surface area contributed by atoms with E-state index in [0.29, 0.717) is 17.2 Å². The van der Waals surface area contributed by atoms with Gasteiger partial charge in [-0.15, -0.1) is 10.2 Å². The molecule has 1 N–H and O–H groups in total. The van der Waals surface area contributed by atoms with Crippen molar-refractivity contribution in [3.05, 3.63) is 72.0 Å². The number of carbonyl (C=O) groups is 1. The molecule has 0 aliphatic rings. The number of nitrogens with one attached hydrogen (secondary N) is 1. The Morgan fingerprint density at radius 3 is 2.25 bits per heavy atom. The van der Waals surface area contributed by atoms with Crippen molar-refractivity contribution < 1.29 is 27.1 Å². The first-order chi connectivity index (χ1) is 19.1. The highest BCUT2D eigenvalue weighted by molar-refractivity contribution is 7.91. The van der Waals surface area contributed by atoms with E-state index < -0.39 is 38.5 Å². The fourth-order valence-corrected chi connectivity index (χ4v) is 5.62. The van der Waals surface area contributed by atoms with Crippen LogP contribution in [0.15, 0.2) is 48.8 Å². The average Bonchev–Trinajstić information content (AvgIpc) is 3.37. The van der Waals surface area contributed by atoms with Gasteiger partial charge in [-0.25, -0.2) is 27.8 Å². The molecule has 0 fully saturated rings. The molecule has 0 radical (unpaired) electrons. The molecule has 3 heterocycles. The van der Waals surface area contributed by atoms with Crippen LogP contribution < -0.4 is 14.8 Å². The minimum atomic E-state index is -3.90. The summed E-state index contributed by atoms with van der Waals surface area (Å²) in [5, 5.41) is 10.1. The van der Waals surface area contributed by atoms with Crippen molar-refractivity contribution in [2.75, 3.05) is 21.3 Å². The van der Waals surface area contributed by atoms with E-state index in [9.17, 15) is 17.6 Å². The molecule has 40 heavy (non-hydrogen) atoms. The summed E-state index contributed by atoms with van der Waals surface area (Å²) in [6.07, 6.45) is 1.99. The number of pyridine rings is 1. The number of rotatable bonds is 10. The van der Waals surface area contributed by atoms with Gasteiger partial charge in [-0.2, -0.15) is 0 Å². The number of ether oxygens (including phenoxy) is 2. The van der Waals surface area contributed by atoms with Gasteiger partial charge in [0.1, 0.15) is 40.2 Å². The quantitative estimate of drug-likeness (QED) is 0.302. The molecule has 0 spiro atoms. The molecule has 0 unspecified atom stereocenters. The molecular formula is C26H28FN7O5S. The number of aromatic nitrogens is 6.